The molecule has 0 aliphatic rings. The van der Waals surface area contributed by atoms with Gasteiger partial charge in [0.05, 0.1) is 4.90 Å². The van der Waals surface area contributed by atoms with E-state index in [0.717, 1.165) is 5.56 Å². The van der Waals surface area contributed by atoms with E-state index in [4.69, 9.17) is 4.74 Å². The first-order chi connectivity index (χ1) is 14.3. The number of ether oxygens (including phenoxy) is 1. The van der Waals surface area contributed by atoms with E-state index >= 15 is 0 Å². The molecule has 6 nitrogen and oxygen atoms in total. The monoisotopic (exact) mass is 424 g/mol. The van der Waals surface area contributed by atoms with Gasteiger partial charge in [-0.15, -0.1) is 0 Å². The second-order valence-corrected chi connectivity index (χ2v) is 8.71. The minimum absolute atomic E-state index is 0.103. The number of anilines is 2. The number of hydrogen-bond donors (Lipinski definition) is 2. The molecular weight excluding hydrogens is 400 g/mol. The van der Waals surface area contributed by atoms with E-state index in [0.29, 0.717) is 17.1 Å². The van der Waals surface area contributed by atoms with Gasteiger partial charge in [0.15, 0.2) is 6.61 Å². The summed E-state index contributed by atoms with van der Waals surface area (Å²) in [6.07, 6.45) is 0. The average molecular weight is 425 g/mol. The molecule has 3 aromatic carbocycles. The summed E-state index contributed by atoms with van der Waals surface area (Å²) in [5.41, 5.74) is 2.00. The Kier molecular flexibility index (Phi) is 6.74. The Morgan fingerprint density at radius 2 is 1.50 bits per heavy atom. The summed E-state index contributed by atoms with van der Waals surface area (Å²) in [5, 5.41) is 2.71. The highest BCUT2D eigenvalue weighted by Gasteiger charge is 2.14. The van der Waals surface area contributed by atoms with E-state index in [-0.39, 0.29) is 23.3 Å². The molecule has 0 aromatic heterocycles. The van der Waals surface area contributed by atoms with Crippen molar-refractivity contribution in [1.82, 2.24) is 0 Å². The zero-order valence-electron chi connectivity index (χ0n) is 16.8. The SMILES string of the molecule is CC(C)c1ccccc1OCC(=O)Nc1ccc(S(=O)(=O)Nc2ccccc2)cc1. The van der Waals surface area contributed by atoms with Gasteiger partial charge in [-0.1, -0.05) is 50.2 Å². The van der Waals surface area contributed by atoms with Crippen LogP contribution in [0.15, 0.2) is 83.8 Å². The van der Waals surface area contributed by atoms with Gasteiger partial charge in [0.25, 0.3) is 15.9 Å². The van der Waals surface area contributed by atoms with Crippen LogP contribution in [0.25, 0.3) is 0 Å². The highest BCUT2D eigenvalue weighted by molar-refractivity contribution is 7.92. The molecule has 0 unspecified atom stereocenters. The Morgan fingerprint density at radius 3 is 2.17 bits per heavy atom. The number of benzene rings is 3. The smallest absolute Gasteiger partial charge is 0.262 e. The quantitative estimate of drug-likeness (QED) is 0.552. The average Bonchev–Trinajstić information content (AvgIpc) is 2.73. The lowest BCUT2D eigenvalue weighted by Gasteiger charge is -2.14. The van der Waals surface area contributed by atoms with Gasteiger partial charge in [-0.2, -0.15) is 0 Å². The van der Waals surface area contributed by atoms with Crippen LogP contribution in [-0.4, -0.2) is 20.9 Å². The van der Waals surface area contributed by atoms with E-state index in [1.165, 1.54) is 12.1 Å². The summed E-state index contributed by atoms with van der Waals surface area (Å²) in [6, 6.07) is 22.2. The number of nitrogens with one attached hydrogen (secondary N) is 2. The number of rotatable bonds is 8. The van der Waals surface area contributed by atoms with Gasteiger partial charge in [-0.3, -0.25) is 9.52 Å². The van der Waals surface area contributed by atoms with Crippen molar-refractivity contribution in [2.45, 2.75) is 24.7 Å². The molecule has 1 amide bonds. The highest BCUT2D eigenvalue weighted by Crippen LogP contribution is 2.25. The maximum Gasteiger partial charge on any atom is 0.262 e. The second-order valence-electron chi connectivity index (χ2n) is 7.03. The molecule has 0 saturated heterocycles. The van der Waals surface area contributed by atoms with Gasteiger partial charge in [0.2, 0.25) is 0 Å². The lowest BCUT2D eigenvalue weighted by molar-refractivity contribution is -0.118. The van der Waals surface area contributed by atoms with Crippen LogP contribution in [0.3, 0.4) is 0 Å². The van der Waals surface area contributed by atoms with Crippen molar-refractivity contribution in [3.8, 4) is 5.75 Å². The third kappa shape index (κ3) is 5.61. The fraction of sp³-hybridized carbons (Fsp3) is 0.174. The first-order valence-corrected chi connectivity index (χ1v) is 11.0. The lowest BCUT2D eigenvalue weighted by atomic mass is 10.0. The van der Waals surface area contributed by atoms with Crippen LogP contribution >= 0.6 is 0 Å². The fourth-order valence-corrected chi connectivity index (χ4v) is 3.93. The standard InChI is InChI=1S/C23H24N2O4S/c1-17(2)21-10-6-7-11-22(21)29-16-23(26)24-18-12-14-20(15-13-18)30(27,28)25-19-8-4-3-5-9-19/h3-15,17,25H,16H2,1-2H3,(H,24,26). The fourth-order valence-electron chi connectivity index (χ4n) is 2.87. The first-order valence-electron chi connectivity index (χ1n) is 9.54. The Hall–Kier alpha value is -3.32. The van der Waals surface area contributed by atoms with Crippen LogP contribution in [0.2, 0.25) is 0 Å². The van der Waals surface area contributed by atoms with Gasteiger partial charge >= 0.3 is 0 Å². The minimum Gasteiger partial charge on any atom is -0.483 e. The van der Waals surface area contributed by atoms with E-state index in [9.17, 15) is 13.2 Å². The number of carbonyl (C=O) groups is 1. The third-order valence-electron chi connectivity index (χ3n) is 4.37. The van der Waals surface area contributed by atoms with Gasteiger partial charge in [-0.25, -0.2) is 8.42 Å². The molecule has 7 heteroatoms. The summed E-state index contributed by atoms with van der Waals surface area (Å²) in [5.74, 6) is 0.630. The molecule has 3 aromatic rings. The Bertz CT molecular complexity index is 1100. The van der Waals surface area contributed by atoms with Crippen LogP contribution in [0, 0.1) is 0 Å². The van der Waals surface area contributed by atoms with Crippen molar-refractivity contribution in [2.24, 2.45) is 0 Å². The summed E-state index contributed by atoms with van der Waals surface area (Å²) in [4.78, 5) is 12.3. The number of para-hydroxylation sites is 2. The zero-order valence-corrected chi connectivity index (χ0v) is 17.6. The zero-order chi connectivity index (χ0) is 21.6. The molecule has 2 N–H and O–H groups in total. The van der Waals surface area contributed by atoms with E-state index in [1.807, 2.05) is 24.3 Å². The van der Waals surface area contributed by atoms with E-state index < -0.39 is 10.0 Å². The van der Waals surface area contributed by atoms with Gasteiger partial charge in [0, 0.05) is 11.4 Å². The van der Waals surface area contributed by atoms with Crippen LogP contribution in [0.4, 0.5) is 11.4 Å². The molecule has 3 rings (SSSR count). The van der Waals surface area contributed by atoms with Gasteiger partial charge < -0.3 is 10.1 Å². The van der Waals surface area contributed by atoms with Gasteiger partial charge in [-0.05, 0) is 53.9 Å². The maximum atomic E-state index is 12.5. The maximum absolute atomic E-state index is 12.5. The van der Waals surface area contributed by atoms with Crippen molar-refractivity contribution in [3.05, 3.63) is 84.4 Å². The molecule has 156 valence electrons. The molecule has 0 heterocycles. The summed E-state index contributed by atoms with van der Waals surface area (Å²) in [7, 11) is -3.71. The molecule has 0 bridgehead atoms. The molecule has 0 aliphatic heterocycles. The number of amides is 1. The topological polar surface area (TPSA) is 84.5 Å². The highest BCUT2D eigenvalue weighted by atomic mass is 32.2. The number of sulfonamides is 1. The van der Waals surface area contributed by atoms with Crippen molar-refractivity contribution < 1.29 is 17.9 Å². The lowest BCUT2D eigenvalue weighted by Crippen LogP contribution is -2.20. The number of carbonyl (C=O) groups excluding carboxylic acids is 1. The Balaban J connectivity index is 1.60. The predicted octanol–water partition coefficient (Wildman–Crippen LogP) is 4.63. The second kappa shape index (κ2) is 9.45. The molecule has 0 fully saturated rings. The summed E-state index contributed by atoms with van der Waals surface area (Å²) in [6.45, 7) is 3.98. The predicted molar refractivity (Wildman–Crippen MR) is 118 cm³/mol. The number of hydrogen-bond acceptors (Lipinski definition) is 4. The van der Waals surface area contributed by atoms with Crippen LogP contribution in [0.1, 0.15) is 25.3 Å². The molecule has 0 atom stereocenters. The molecule has 0 aliphatic carbocycles. The van der Waals surface area contributed by atoms with Crippen LogP contribution in [-0.2, 0) is 14.8 Å². The van der Waals surface area contributed by atoms with E-state index in [1.54, 1.807) is 42.5 Å². The Morgan fingerprint density at radius 1 is 0.867 bits per heavy atom. The first kappa shape index (κ1) is 21.4. The van der Waals surface area contributed by atoms with E-state index in [2.05, 4.69) is 23.9 Å². The summed E-state index contributed by atoms with van der Waals surface area (Å²) >= 11 is 0. The van der Waals surface area contributed by atoms with Crippen LogP contribution < -0.4 is 14.8 Å². The summed E-state index contributed by atoms with van der Waals surface area (Å²) < 4.78 is 33.1. The minimum atomic E-state index is -3.71. The molecule has 0 spiro atoms. The normalized spacial score (nSPS) is 11.2. The molecule has 0 saturated carbocycles. The third-order valence-corrected chi connectivity index (χ3v) is 5.77. The molecule has 30 heavy (non-hydrogen) atoms. The Labute approximate surface area is 177 Å². The van der Waals surface area contributed by atoms with Crippen molar-refractivity contribution in [2.75, 3.05) is 16.6 Å². The van der Waals surface area contributed by atoms with Gasteiger partial charge in [0.1, 0.15) is 5.75 Å². The van der Waals surface area contributed by atoms with Crippen molar-refractivity contribution >= 4 is 27.3 Å². The largest absolute Gasteiger partial charge is 0.483 e. The van der Waals surface area contributed by atoms with Crippen LogP contribution in [0.5, 0.6) is 5.75 Å². The van der Waals surface area contributed by atoms with Crippen molar-refractivity contribution in [1.29, 1.82) is 0 Å². The molecule has 0 radical (unpaired) electrons. The van der Waals surface area contributed by atoms with Crippen molar-refractivity contribution in [3.63, 3.8) is 0 Å². The molecular formula is C23H24N2O4S.